The lowest BCUT2D eigenvalue weighted by molar-refractivity contribution is -0.274. The smallest absolute Gasteiger partial charge is 0.491 e. The van der Waals surface area contributed by atoms with Crippen LogP contribution < -0.4 is 14.8 Å². The van der Waals surface area contributed by atoms with Crippen molar-refractivity contribution < 1.29 is 27.4 Å². The SMILES string of the molecule is COCCOc1cc(OC(F)(F)F)ccc1C1CCNCC1. The monoisotopic (exact) mass is 319 g/mol. The van der Waals surface area contributed by atoms with Crippen molar-refractivity contribution in [1.29, 1.82) is 0 Å². The summed E-state index contributed by atoms with van der Waals surface area (Å²) < 4.78 is 51.5. The third-order valence-electron chi connectivity index (χ3n) is 3.54. The second kappa shape index (κ2) is 7.69. The Morgan fingerprint density at radius 3 is 2.55 bits per heavy atom. The highest BCUT2D eigenvalue weighted by atomic mass is 19.4. The maximum absolute atomic E-state index is 12.3. The summed E-state index contributed by atoms with van der Waals surface area (Å²) in [7, 11) is 1.54. The van der Waals surface area contributed by atoms with Crippen LogP contribution in [0.2, 0.25) is 0 Å². The average Bonchev–Trinajstić information content (AvgIpc) is 2.47. The van der Waals surface area contributed by atoms with Crippen LogP contribution in [0.15, 0.2) is 18.2 Å². The van der Waals surface area contributed by atoms with Gasteiger partial charge in [0, 0.05) is 13.2 Å². The van der Waals surface area contributed by atoms with Crippen molar-refractivity contribution in [3.05, 3.63) is 23.8 Å². The second-order valence-corrected chi connectivity index (χ2v) is 5.11. The maximum atomic E-state index is 12.3. The van der Waals surface area contributed by atoms with Crippen LogP contribution in [0.4, 0.5) is 13.2 Å². The third-order valence-corrected chi connectivity index (χ3v) is 3.54. The molecular formula is C15H20F3NO3. The lowest BCUT2D eigenvalue weighted by atomic mass is 9.89. The molecule has 0 bridgehead atoms. The topological polar surface area (TPSA) is 39.7 Å². The van der Waals surface area contributed by atoms with Gasteiger partial charge >= 0.3 is 6.36 Å². The number of rotatable bonds is 6. The molecular weight excluding hydrogens is 299 g/mol. The molecule has 0 aromatic heterocycles. The molecule has 1 aliphatic rings. The van der Waals surface area contributed by atoms with Crippen molar-refractivity contribution in [3.8, 4) is 11.5 Å². The fourth-order valence-electron chi connectivity index (χ4n) is 2.54. The zero-order valence-corrected chi connectivity index (χ0v) is 12.4. The van der Waals surface area contributed by atoms with E-state index >= 15 is 0 Å². The maximum Gasteiger partial charge on any atom is 0.573 e. The number of benzene rings is 1. The van der Waals surface area contributed by atoms with E-state index in [1.807, 2.05) is 0 Å². The number of methoxy groups -OCH3 is 1. The van der Waals surface area contributed by atoms with Gasteiger partial charge in [0.25, 0.3) is 0 Å². The quantitative estimate of drug-likeness (QED) is 0.818. The van der Waals surface area contributed by atoms with E-state index in [2.05, 4.69) is 10.1 Å². The third kappa shape index (κ3) is 5.06. The highest BCUT2D eigenvalue weighted by Crippen LogP contribution is 2.36. The molecule has 1 N–H and O–H groups in total. The van der Waals surface area contributed by atoms with E-state index in [1.165, 1.54) is 12.1 Å². The van der Waals surface area contributed by atoms with E-state index in [9.17, 15) is 13.2 Å². The molecule has 7 heteroatoms. The fourth-order valence-corrected chi connectivity index (χ4v) is 2.54. The summed E-state index contributed by atoms with van der Waals surface area (Å²) in [6.45, 7) is 2.44. The molecule has 124 valence electrons. The van der Waals surface area contributed by atoms with Crippen molar-refractivity contribution in [1.82, 2.24) is 5.32 Å². The molecule has 0 unspecified atom stereocenters. The number of alkyl halides is 3. The molecule has 1 aromatic rings. The predicted octanol–water partition coefficient (Wildman–Crippen LogP) is 3.08. The van der Waals surface area contributed by atoms with Crippen LogP contribution in [-0.2, 0) is 4.74 Å². The van der Waals surface area contributed by atoms with E-state index in [0.29, 0.717) is 12.4 Å². The molecule has 0 saturated carbocycles. The van der Waals surface area contributed by atoms with Gasteiger partial charge in [0.2, 0.25) is 0 Å². The predicted molar refractivity (Wildman–Crippen MR) is 75.3 cm³/mol. The highest BCUT2D eigenvalue weighted by Gasteiger charge is 2.31. The Labute approximate surface area is 127 Å². The van der Waals surface area contributed by atoms with E-state index in [0.717, 1.165) is 31.5 Å². The normalized spacial score (nSPS) is 16.5. The van der Waals surface area contributed by atoms with Crippen LogP contribution in [0.1, 0.15) is 24.3 Å². The number of halogens is 3. The summed E-state index contributed by atoms with van der Waals surface area (Å²) in [6, 6.07) is 4.31. The van der Waals surface area contributed by atoms with Gasteiger partial charge in [0.1, 0.15) is 18.1 Å². The molecule has 1 saturated heterocycles. The van der Waals surface area contributed by atoms with Crippen molar-refractivity contribution in [2.45, 2.75) is 25.1 Å². The first-order valence-electron chi connectivity index (χ1n) is 7.22. The molecule has 0 aliphatic carbocycles. The standard InChI is InChI=1S/C15H20F3NO3/c1-20-8-9-21-14-10-12(22-15(16,17)18)2-3-13(14)11-4-6-19-7-5-11/h2-3,10-11,19H,4-9H2,1H3. The molecule has 0 amide bonds. The van der Waals surface area contributed by atoms with Crippen molar-refractivity contribution in [2.75, 3.05) is 33.4 Å². The largest absolute Gasteiger partial charge is 0.573 e. The summed E-state index contributed by atoms with van der Waals surface area (Å²) in [5.41, 5.74) is 0.923. The fraction of sp³-hybridized carbons (Fsp3) is 0.600. The molecule has 0 spiro atoms. The summed E-state index contributed by atoms with van der Waals surface area (Å²) >= 11 is 0. The lowest BCUT2D eigenvalue weighted by Gasteiger charge is -2.25. The minimum Gasteiger partial charge on any atom is -0.491 e. The summed E-state index contributed by atoms with van der Waals surface area (Å²) in [4.78, 5) is 0. The van der Waals surface area contributed by atoms with Gasteiger partial charge in [0.05, 0.1) is 6.61 Å². The Bertz CT molecular complexity index is 474. The van der Waals surface area contributed by atoms with E-state index in [1.54, 1.807) is 13.2 Å². The average molecular weight is 319 g/mol. The molecule has 0 atom stereocenters. The minimum atomic E-state index is -4.71. The van der Waals surface area contributed by atoms with Crippen LogP contribution in [-0.4, -0.2) is 39.8 Å². The number of hydrogen-bond donors (Lipinski definition) is 1. The summed E-state index contributed by atoms with van der Waals surface area (Å²) in [6.07, 6.45) is -2.85. The van der Waals surface area contributed by atoms with Gasteiger partial charge in [-0.2, -0.15) is 0 Å². The Balaban J connectivity index is 2.18. The summed E-state index contributed by atoms with van der Waals surface area (Å²) in [5.74, 6) is 0.446. The molecule has 1 fully saturated rings. The van der Waals surface area contributed by atoms with Crippen LogP contribution in [0.3, 0.4) is 0 Å². The molecule has 4 nitrogen and oxygen atoms in total. The van der Waals surface area contributed by atoms with Gasteiger partial charge in [-0.25, -0.2) is 0 Å². The van der Waals surface area contributed by atoms with Crippen molar-refractivity contribution in [2.24, 2.45) is 0 Å². The molecule has 2 rings (SSSR count). The Hall–Kier alpha value is -1.47. The number of piperidine rings is 1. The molecule has 0 radical (unpaired) electrons. The zero-order chi connectivity index (χ0) is 16.0. The van der Waals surface area contributed by atoms with Gasteiger partial charge in [-0.1, -0.05) is 6.07 Å². The minimum absolute atomic E-state index is 0.266. The highest BCUT2D eigenvalue weighted by molar-refractivity contribution is 5.43. The Kier molecular flexibility index (Phi) is 5.90. The lowest BCUT2D eigenvalue weighted by Crippen LogP contribution is -2.27. The van der Waals surface area contributed by atoms with Gasteiger partial charge in [0.15, 0.2) is 0 Å². The zero-order valence-electron chi connectivity index (χ0n) is 12.4. The molecule has 1 heterocycles. The summed E-state index contributed by atoms with van der Waals surface area (Å²) in [5, 5.41) is 3.26. The first kappa shape index (κ1) is 16.9. The molecule has 1 aromatic carbocycles. The van der Waals surface area contributed by atoms with Crippen LogP contribution >= 0.6 is 0 Å². The Morgan fingerprint density at radius 2 is 1.91 bits per heavy atom. The van der Waals surface area contributed by atoms with Crippen molar-refractivity contribution >= 4 is 0 Å². The van der Waals surface area contributed by atoms with Gasteiger partial charge in [-0.3, -0.25) is 0 Å². The second-order valence-electron chi connectivity index (χ2n) is 5.11. The van der Waals surface area contributed by atoms with Crippen LogP contribution in [0.5, 0.6) is 11.5 Å². The van der Waals surface area contributed by atoms with E-state index < -0.39 is 6.36 Å². The van der Waals surface area contributed by atoms with E-state index in [4.69, 9.17) is 9.47 Å². The van der Waals surface area contributed by atoms with Crippen LogP contribution in [0, 0.1) is 0 Å². The number of ether oxygens (including phenoxy) is 3. The number of nitrogens with one attached hydrogen (secondary N) is 1. The van der Waals surface area contributed by atoms with Gasteiger partial charge in [-0.15, -0.1) is 13.2 Å². The van der Waals surface area contributed by atoms with Gasteiger partial charge in [-0.05, 0) is 43.5 Å². The first-order chi connectivity index (χ1) is 10.5. The molecule has 22 heavy (non-hydrogen) atoms. The Morgan fingerprint density at radius 1 is 1.18 bits per heavy atom. The van der Waals surface area contributed by atoms with Crippen LogP contribution in [0.25, 0.3) is 0 Å². The van der Waals surface area contributed by atoms with E-state index in [-0.39, 0.29) is 18.3 Å². The first-order valence-corrected chi connectivity index (χ1v) is 7.22. The molecule has 1 aliphatic heterocycles. The van der Waals surface area contributed by atoms with Crippen molar-refractivity contribution in [3.63, 3.8) is 0 Å². The number of hydrogen-bond acceptors (Lipinski definition) is 4. The van der Waals surface area contributed by atoms with Gasteiger partial charge < -0.3 is 19.5 Å².